The van der Waals surface area contributed by atoms with Crippen molar-refractivity contribution in [1.29, 1.82) is 0 Å². The maximum absolute atomic E-state index is 12.8. The van der Waals surface area contributed by atoms with Crippen LogP contribution in [0.25, 0.3) is 21.8 Å². The molecule has 0 saturated heterocycles. The Balaban J connectivity index is 1.79. The molecule has 3 rings (SSSR count). The highest BCUT2D eigenvalue weighted by molar-refractivity contribution is 9.10. The van der Waals surface area contributed by atoms with Crippen LogP contribution in [0.2, 0.25) is 0 Å². The normalized spacial score (nSPS) is 11.3. The van der Waals surface area contributed by atoms with Crippen LogP contribution in [0.1, 0.15) is 45.4 Å². The number of aromatic nitrogens is 1. The molecule has 0 fully saturated rings. The molecule has 0 aliphatic carbocycles. The van der Waals surface area contributed by atoms with Crippen LogP contribution in [-0.4, -0.2) is 11.6 Å². The SMILES string of the molecule is CCCCCCCCOc1cccc2c(=O)c3cc(Br)ccc3[nH]c12. The molecule has 0 bridgehead atoms. The number of hydrogen-bond donors (Lipinski definition) is 1. The van der Waals surface area contributed by atoms with Crippen molar-refractivity contribution in [2.45, 2.75) is 45.4 Å². The van der Waals surface area contributed by atoms with E-state index in [1.165, 1.54) is 32.1 Å². The zero-order valence-electron chi connectivity index (χ0n) is 14.6. The molecule has 0 atom stereocenters. The van der Waals surface area contributed by atoms with Crippen molar-refractivity contribution < 1.29 is 4.74 Å². The summed E-state index contributed by atoms with van der Waals surface area (Å²) in [6.45, 7) is 2.92. The summed E-state index contributed by atoms with van der Waals surface area (Å²) < 4.78 is 6.88. The first-order valence-electron chi connectivity index (χ1n) is 9.08. The minimum absolute atomic E-state index is 0.0371. The first-order valence-corrected chi connectivity index (χ1v) is 9.87. The summed E-state index contributed by atoms with van der Waals surface area (Å²) in [5.74, 6) is 0.757. The number of aromatic amines is 1. The Hall–Kier alpha value is -1.81. The topological polar surface area (TPSA) is 42.1 Å². The molecule has 3 aromatic rings. The van der Waals surface area contributed by atoms with Crippen molar-refractivity contribution in [3.8, 4) is 5.75 Å². The molecular weight excluding hydrogens is 378 g/mol. The number of para-hydroxylation sites is 1. The van der Waals surface area contributed by atoms with Gasteiger partial charge in [-0.1, -0.05) is 61.0 Å². The minimum atomic E-state index is 0.0371. The van der Waals surface area contributed by atoms with E-state index in [0.717, 1.165) is 27.7 Å². The summed E-state index contributed by atoms with van der Waals surface area (Å²) in [5.41, 5.74) is 1.65. The van der Waals surface area contributed by atoms with Gasteiger partial charge >= 0.3 is 0 Å². The van der Waals surface area contributed by atoms with Crippen LogP contribution in [0.3, 0.4) is 0 Å². The lowest BCUT2D eigenvalue weighted by Gasteiger charge is -2.10. The molecule has 0 radical (unpaired) electrons. The van der Waals surface area contributed by atoms with E-state index in [4.69, 9.17) is 4.74 Å². The standard InChI is InChI=1S/C21H24BrNO2/c1-2-3-4-5-6-7-13-25-19-10-8-9-16-20(19)23-18-12-11-15(22)14-17(18)21(16)24/h8-12,14H,2-7,13H2,1H3,(H,23,24). The van der Waals surface area contributed by atoms with Crippen LogP contribution < -0.4 is 10.2 Å². The van der Waals surface area contributed by atoms with E-state index in [0.29, 0.717) is 17.4 Å². The molecule has 25 heavy (non-hydrogen) atoms. The molecule has 132 valence electrons. The average molecular weight is 402 g/mol. The molecule has 1 N–H and O–H groups in total. The third kappa shape index (κ3) is 4.24. The fourth-order valence-corrected chi connectivity index (χ4v) is 3.49. The Kier molecular flexibility index (Phi) is 6.14. The van der Waals surface area contributed by atoms with Gasteiger partial charge in [0.2, 0.25) is 0 Å². The molecule has 0 unspecified atom stereocenters. The molecule has 0 aliphatic rings. The fourth-order valence-electron chi connectivity index (χ4n) is 3.13. The predicted molar refractivity (Wildman–Crippen MR) is 109 cm³/mol. The summed E-state index contributed by atoms with van der Waals surface area (Å²) in [6, 6.07) is 11.4. The summed E-state index contributed by atoms with van der Waals surface area (Å²) in [5, 5.41) is 1.36. The smallest absolute Gasteiger partial charge is 0.197 e. The van der Waals surface area contributed by atoms with E-state index in [9.17, 15) is 4.79 Å². The molecule has 3 nitrogen and oxygen atoms in total. The number of H-pyrrole nitrogens is 1. The van der Waals surface area contributed by atoms with Crippen molar-refractivity contribution in [3.05, 3.63) is 51.1 Å². The summed E-state index contributed by atoms with van der Waals surface area (Å²) >= 11 is 3.43. The average Bonchev–Trinajstić information content (AvgIpc) is 2.62. The maximum Gasteiger partial charge on any atom is 0.197 e. The Morgan fingerprint density at radius 3 is 2.64 bits per heavy atom. The van der Waals surface area contributed by atoms with Gasteiger partial charge in [-0.25, -0.2) is 0 Å². The Labute approximate surface area is 156 Å². The fraction of sp³-hybridized carbons (Fsp3) is 0.381. The molecule has 0 aliphatic heterocycles. The number of fused-ring (bicyclic) bond motifs is 2. The van der Waals surface area contributed by atoms with Gasteiger partial charge in [0.1, 0.15) is 5.75 Å². The highest BCUT2D eigenvalue weighted by Gasteiger charge is 2.09. The highest BCUT2D eigenvalue weighted by Crippen LogP contribution is 2.25. The number of hydrogen-bond acceptors (Lipinski definition) is 2. The van der Waals surface area contributed by atoms with Crippen molar-refractivity contribution in [2.75, 3.05) is 6.61 Å². The Morgan fingerprint density at radius 2 is 1.80 bits per heavy atom. The second-order valence-corrected chi connectivity index (χ2v) is 7.35. The third-order valence-electron chi connectivity index (χ3n) is 4.51. The van der Waals surface area contributed by atoms with Gasteiger partial charge in [0.25, 0.3) is 0 Å². The number of ether oxygens (including phenoxy) is 1. The van der Waals surface area contributed by atoms with Gasteiger partial charge in [-0.2, -0.15) is 0 Å². The van der Waals surface area contributed by atoms with Crippen molar-refractivity contribution in [1.82, 2.24) is 4.98 Å². The van der Waals surface area contributed by atoms with E-state index in [1.54, 1.807) is 0 Å². The van der Waals surface area contributed by atoms with Crippen LogP contribution in [0.4, 0.5) is 0 Å². The molecule has 1 aromatic heterocycles. The summed E-state index contributed by atoms with van der Waals surface area (Å²) in [4.78, 5) is 16.1. The van der Waals surface area contributed by atoms with Crippen molar-refractivity contribution in [3.63, 3.8) is 0 Å². The number of halogens is 1. The number of unbranched alkanes of at least 4 members (excludes halogenated alkanes) is 5. The Morgan fingerprint density at radius 1 is 1.00 bits per heavy atom. The summed E-state index contributed by atoms with van der Waals surface area (Å²) in [6.07, 6.45) is 7.39. The molecule has 4 heteroatoms. The quantitative estimate of drug-likeness (QED) is 0.361. The van der Waals surface area contributed by atoms with Crippen LogP contribution >= 0.6 is 15.9 Å². The van der Waals surface area contributed by atoms with Gasteiger partial charge in [0.15, 0.2) is 5.43 Å². The van der Waals surface area contributed by atoms with Crippen LogP contribution in [0, 0.1) is 0 Å². The molecule has 1 heterocycles. The Bertz CT molecular complexity index is 917. The van der Waals surface area contributed by atoms with Gasteiger partial charge in [0.05, 0.1) is 12.1 Å². The van der Waals surface area contributed by atoms with Gasteiger partial charge in [-0.05, 0) is 36.8 Å². The first kappa shape index (κ1) is 18.0. The van der Waals surface area contributed by atoms with Crippen LogP contribution in [0.15, 0.2) is 45.7 Å². The lowest BCUT2D eigenvalue weighted by atomic mass is 10.1. The zero-order valence-corrected chi connectivity index (χ0v) is 16.2. The minimum Gasteiger partial charge on any atom is -0.491 e. The van der Waals surface area contributed by atoms with Crippen LogP contribution in [0.5, 0.6) is 5.75 Å². The highest BCUT2D eigenvalue weighted by atomic mass is 79.9. The number of pyridine rings is 1. The van der Waals surface area contributed by atoms with E-state index >= 15 is 0 Å². The number of benzene rings is 2. The first-order chi connectivity index (χ1) is 12.2. The van der Waals surface area contributed by atoms with E-state index < -0.39 is 0 Å². The molecule has 0 spiro atoms. The third-order valence-corrected chi connectivity index (χ3v) is 5.01. The summed E-state index contributed by atoms with van der Waals surface area (Å²) in [7, 11) is 0. The molecular formula is C21H24BrNO2. The second kappa shape index (κ2) is 8.52. The predicted octanol–water partition coefficient (Wildman–Crippen LogP) is 6.18. The number of rotatable bonds is 8. The van der Waals surface area contributed by atoms with Gasteiger partial charge in [0, 0.05) is 20.8 Å². The van der Waals surface area contributed by atoms with Crippen LogP contribution in [-0.2, 0) is 0 Å². The largest absolute Gasteiger partial charge is 0.491 e. The lowest BCUT2D eigenvalue weighted by molar-refractivity contribution is 0.307. The van der Waals surface area contributed by atoms with Gasteiger partial charge in [-0.15, -0.1) is 0 Å². The second-order valence-electron chi connectivity index (χ2n) is 6.44. The molecule has 0 saturated carbocycles. The maximum atomic E-state index is 12.8. The zero-order chi connectivity index (χ0) is 17.6. The lowest BCUT2D eigenvalue weighted by Crippen LogP contribution is -2.06. The van der Waals surface area contributed by atoms with Gasteiger partial charge < -0.3 is 9.72 Å². The van der Waals surface area contributed by atoms with Crippen molar-refractivity contribution >= 4 is 37.7 Å². The monoisotopic (exact) mass is 401 g/mol. The van der Waals surface area contributed by atoms with Gasteiger partial charge in [-0.3, -0.25) is 4.79 Å². The van der Waals surface area contributed by atoms with E-state index in [2.05, 4.69) is 27.8 Å². The number of nitrogens with one attached hydrogen (secondary N) is 1. The van der Waals surface area contributed by atoms with Crippen molar-refractivity contribution in [2.24, 2.45) is 0 Å². The van der Waals surface area contributed by atoms with E-state index in [-0.39, 0.29) is 5.43 Å². The molecule has 0 amide bonds. The van der Waals surface area contributed by atoms with E-state index in [1.807, 2.05) is 36.4 Å². The molecule has 2 aromatic carbocycles.